The number of aliphatic hydroxyl groups is 1. The number of piperidine rings is 1. The molecule has 21 heavy (non-hydrogen) atoms. The van der Waals surface area contributed by atoms with Gasteiger partial charge in [-0.25, -0.2) is 0 Å². The first-order chi connectivity index (χ1) is 10.1. The minimum Gasteiger partial charge on any atom is -0.459 e. The van der Waals surface area contributed by atoms with Gasteiger partial charge in [-0.2, -0.15) is 0 Å². The zero-order valence-corrected chi connectivity index (χ0v) is 12.2. The summed E-state index contributed by atoms with van der Waals surface area (Å²) in [6.45, 7) is 2.66. The van der Waals surface area contributed by atoms with Gasteiger partial charge in [-0.3, -0.25) is 9.59 Å². The quantitative estimate of drug-likeness (QED) is 0.853. The third kappa shape index (κ3) is 4.07. The molecule has 1 aliphatic rings. The molecule has 1 aromatic rings. The number of aliphatic hydroxyl groups excluding tert-OH is 1. The number of amides is 2. The molecule has 0 radical (unpaired) electrons. The van der Waals surface area contributed by atoms with Gasteiger partial charge in [-0.1, -0.05) is 0 Å². The van der Waals surface area contributed by atoms with E-state index in [0.29, 0.717) is 6.54 Å². The number of carbonyl (C=O) groups excluding carboxylic acids is 2. The summed E-state index contributed by atoms with van der Waals surface area (Å²) in [4.78, 5) is 25.6. The van der Waals surface area contributed by atoms with Gasteiger partial charge in [0.1, 0.15) is 0 Å². The molecule has 0 spiro atoms. The van der Waals surface area contributed by atoms with Crippen molar-refractivity contribution in [3.8, 4) is 0 Å². The van der Waals surface area contributed by atoms with Gasteiger partial charge in [-0.15, -0.1) is 0 Å². The van der Waals surface area contributed by atoms with Crippen LogP contribution in [0.3, 0.4) is 0 Å². The average Bonchev–Trinajstić information content (AvgIpc) is 3.01. The zero-order valence-electron chi connectivity index (χ0n) is 12.2. The lowest BCUT2D eigenvalue weighted by atomic mass is 9.98. The smallest absolute Gasteiger partial charge is 0.286 e. The average molecular weight is 294 g/mol. The Hall–Kier alpha value is -1.82. The zero-order chi connectivity index (χ0) is 15.2. The summed E-state index contributed by atoms with van der Waals surface area (Å²) < 4.78 is 4.98. The maximum absolute atomic E-state index is 12.2. The molecule has 1 fully saturated rings. The highest BCUT2D eigenvalue weighted by Crippen LogP contribution is 2.20. The number of nitrogens with one attached hydrogen (secondary N) is 1. The molecule has 2 rings (SSSR count). The molecular formula is C15H22N2O4. The van der Waals surface area contributed by atoms with Crippen LogP contribution < -0.4 is 5.32 Å². The first-order valence-electron chi connectivity index (χ1n) is 7.39. The second kappa shape index (κ2) is 7.26. The fourth-order valence-corrected chi connectivity index (χ4v) is 2.69. The van der Waals surface area contributed by atoms with Gasteiger partial charge in [-0.05, 0) is 38.3 Å². The fourth-order valence-electron chi connectivity index (χ4n) is 2.69. The van der Waals surface area contributed by atoms with Crippen molar-refractivity contribution in [1.29, 1.82) is 0 Å². The number of carbonyl (C=O) groups is 2. The van der Waals surface area contributed by atoms with Crippen molar-refractivity contribution in [1.82, 2.24) is 10.2 Å². The minimum absolute atomic E-state index is 0.0275. The lowest BCUT2D eigenvalue weighted by Gasteiger charge is -2.37. The summed E-state index contributed by atoms with van der Waals surface area (Å²) in [6.07, 6.45) is 3.98. The van der Waals surface area contributed by atoms with Crippen LogP contribution in [0.1, 0.15) is 43.2 Å². The third-order valence-corrected chi connectivity index (χ3v) is 3.80. The van der Waals surface area contributed by atoms with Crippen molar-refractivity contribution in [2.75, 3.05) is 13.1 Å². The van der Waals surface area contributed by atoms with Crippen LogP contribution in [0, 0.1) is 0 Å². The van der Waals surface area contributed by atoms with Crippen LogP contribution in [-0.4, -0.2) is 47.1 Å². The van der Waals surface area contributed by atoms with Crippen LogP contribution >= 0.6 is 0 Å². The first kappa shape index (κ1) is 15.6. The Morgan fingerprint density at radius 2 is 2.33 bits per heavy atom. The Labute approximate surface area is 124 Å². The summed E-state index contributed by atoms with van der Waals surface area (Å²) in [6, 6.07) is 3.11. The lowest BCUT2D eigenvalue weighted by Crippen LogP contribution is -2.49. The maximum Gasteiger partial charge on any atom is 0.286 e. The van der Waals surface area contributed by atoms with Gasteiger partial charge in [0, 0.05) is 19.5 Å². The van der Waals surface area contributed by atoms with E-state index in [2.05, 4.69) is 5.32 Å². The second-order valence-corrected chi connectivity index (χ2v) is 5.37. The first-order valence-corrected chi connectivity index (χ1v) is 7.39. The monoisotopic (exact) mass is 294 g/mol. The largest absolute Gasteiger partial charge is 0.459 e. The topological polar surface area (TPSA) is 82.8 Å². The molecule has 0 aliphatic carbocycles. The van der Waals surface area contributed by atoms with E-state index >= 15 is 0 Å². The van der Waals surface area contributed by atoms with E-state index in [4.69, 9.17) is 4.42 Å². The number of hydrogen-bond donors (Lipinski definition) is 2. The summed E-state index contributed by atoms with van der Waals surface area (Å²) in [7, 11) is 0. The molecule has 2 atom stereocenters. The SMILES string of the molecule is CC(O)C1CCCCN1C(=O)CCNC(=O)c1ccco1. The van der Waals surface area contributed by atoms with E-state index in [-0.39, 0.29) is 36.6 Å². The maximum atomic E-state index is 12.2. The van der Waals surface area contributed by atoms with Gasteiger partial charge >= 0.3 is 0 Å². The second-order valence-electron chi connectivity index (χ2n) is 5.37. The Morgan fingerprint density at radius 1 is 1.52 bits per heavy atom. The Balaban J connectivity index is 1.79. The summed E-state index contributed by atoms with van der Waals surface area (Å²) in [5, 5.41) is 12.4. The van der Waals surface area contributed by atoms with Crippen LogP contribution in [0.5, 0.6) is 0 Å². The van der Waals surface area contributed by atoms with Crippen molar-refractivity contribution in [3.63, 3.8) is 0 Å². The molecule has 2 N–H and O–H groups in total. The molecular weight excluding hydrogens is 272 g/mol. The summed E-state index contributed by atoms with van der Waals surface area (Å²) in [5.74, 6) is -0.110. The molecule has 0 saturated carbocycles. The van der Waals surface area contributed by atoms with Gasteiger partial charge in [0.15, 0.2) is 5.76 Å². The minimum atomic E-state index is -0.521. The van der Waals surface area contributed by atoms with Crippen LogP contribution in [0.25, 0.3) is 0 Å². The Morgan fingerprint density at radius 3 is 3.00 bits per heavy atom. The van der Waals surface area contributed by atoms with E-state index in [9.17, 15) is 14.7 Å². The highest BCUT2D eigenvalue weighted by Gasteiger charge is 2.29. The molecule has 2 unspecified atom stereocenters. The highest BCUT2D eigenvalue weighted by atomic mass is 16.3. The number of hydrogen-bond acceptors (Lipinski definition) is 4. The lowest BCUT2D eigenvalue weighted by molar-refractivity contribution is -0.137. The molecule has 2 amide bonds. The number of nitrogens with zero attached hydrogens (tertiary/aromatic N) is 1. The van der Waals surface area contributed by atoms with Crippen molar-refractivity contribution in [3.05, 3.63) is 24.2 Å². The molecule has 1 aromatic heterocycles. The van der Waals surface area contributed by atoms with Crippen LogP contribution in [0.15, 0.2) is 22.8 Å². The Bertz CT molecular complexity index is 470. The van der Waals surface area contributed by atoms with Crippen molar-refractivity contribution in [2.45, 2.75) is 44.8 Å². The fraction of sp³-hybridized carbons (Fsp3) is 0.600. The molecule has 2 heterocycles. The predicted molar refractivity (Wildman–Crippen MR) is 76.7 cm³/mol. The Kier molecular flexibility index (Phi) is 5.38. The van der Waals surface area contributed by atoms with Crippen LogP contribution in [0.2, 0.25) is 0 Å². The molecule has 0 bridgehead atoms. The molecule has 116 valence electrons. The number of likely N-dealkylation sites (tertiary alicyclic amines) is 1. The van der Waals surface area contributed by atoms with Gasteiger partial charge < -0.3 is 19.7 Å². The van der Waals surface area contributed by atoms with Crippen LogP contribution in [-0.2, 0) is 4.79 Å². The molecule has 6 heteroatoms. The number of rotatable bonds is 5. The van der Waals surface area contributed by atoms with Crippen LogP contribution in [0.4, 0.5) is 0 Å². The van der Waals surface area contributed by atoms with E-state index in [0.717, 1.165) is 19.3 Å². The van der Waals surface area contributed by atoms with E-state index < -0.39 is 6.10 Å². The van der Waals surface area contributed by atoms with Crippen molar-refractivity contribution < 1.29 is 19.1 Å². The summed E-state index contributed by atoms with van der Waals surface area (Å²) in [5.41, 5.74) is 0. The highest BCUT2D eigenvalue weighted by molar-refractivity contribution is 5.91. The standard InChI is InChI=1S/C15H22N2O4/c1-11(18)12-5-2-3-9-17(12)14(19)7-8-16-15(20)13-6-4-10-21-13/h4,6,10-12,18H,2-3,5,7-9H2,1H3,(H,16,20). The van der Waals surface area contributed by atoms with E-state index in [1.165, 1.54) is 6.26 Å². The normalized spacial score (nSPS) is 20.1. The predicted octanol–water partition coefficient (Wildman–Crippen LogP) is 1.16. The van der Waals surface area contributed by atoms with Crippen molar-refractivity contribution >= 4 is 11.8 Å². The van der Waals surface area contributed by atoms with Gasteiger partial charge in [0.05, 0.1) is 18.4 Å². The van der Waals surface area contributed by atoms with Gasteiger partial charge in [0.2, 0.25) is 5.91 Å². The van der Waals surface area contributed by atoms with E-state index in [1.807, 2.05) is 0 Å². The van der Waals surface area contributed by atoms with E-state index in [1.54, 1.807) is 24.0 Å². The summed E-state index contributed by atoms with van der Waals surface area (Å²) >= 11 is 0. The van der Waals surface area contributed by atoms with Crippen molar-refractivity contribution in [2.24, 2.45) is 0 Å². The van der Waals surface area contributed by atoms with Gasteiger partial charge in [0.25, 0.3) is 5.91 Å². The molecule has 1 aliphatic heterocycles. The number of furan rings is 1. The molecule has 6 nitrogen and oxygen atoms in total. The third-order valence-electron chi connectivity index (χ3n) is 3.80. The molecule has 0 aromatic carbocycles. The molecule has 1 saturated heterocycles.